The van der Waals surface area contributed by atoms with Crippen LogP contribution in [0.4, 0.5) is 5.69 Å². The number of nitrogens with zero attached hydrogens (tertiary/aromatic N) is 1. The Hall–Kier alpha value is -1.39. The van der Waals surface area contributed by atoms with E-state index in [1.807, 2.05) is 24.3 Å². The molecule has 0 fully saturated rings. The molecule has 1 unspecified atom stereocenters. The summed E-state index contributed by atoms with van der Waals surface area (Å²) in [6.45, 7) is 1.97. The Kier molecular flexibility index (Phi) is 4.33. The molecular formula is C14H21N3O. The zero-order valence-electron chi connectivity index (χ0n) is 11.1. The molecule has 0 radical (unpaired) electrons. The number of para-hydroxylation sites is 1. The molecule has 1 aliphatic heterocycles. The number of amides is 1. The molecule has 4 heteroatoms. The molecule has 0 aromatic heterocycles. The third kappa shape index (κ3) is 3.09. The Balaban J connectivity index is 1.81. The van der Waals surface area contributed by atoms with Crippen LogP contribution in [-0.2, 0) is 4.79 Å². The Morgan fingerprint density at radius 1 is 1.28 bits per heavy atom. The summed E-state index contributed by atoms with van der Waals surface area (Å²) in [7, 11) is 4.15. The van der Waals surface area contributed by atoms with E-state index in [0.29, 0.717) is 0 Å². The number of benzene rings is 1. The minimum atomic E-state index is -0.180. The molecule has 4 nitrogen and oxygen atoms in total. The van der Waals surface area contributed by atoms with Crippen LogP contribution in [0, 0.1) is 0 Å². The van der Waals surface area contributed by atoms with Crippen LogP contribution in [0.25, 0.3) is 0 Å². The zero-order valence-corrected chi connectivity index (χ0v) is 11.1. The lowest BCUT2D eigenvalue weighted by atomic mass is 10.1. The number of unbranched alkanes of at least 4 members (excludes halogenated alkanes) is 1. The molecule has 1 aliphatic rings. The van der Waals surface area contributed by atoms with Gasteiger partial charge in [0.2, 0.25) is 5.91 Å². The fourth-order valence-corrected chi connectivity index (χ4v) is 2.21. The van der Waals surface area contributed by atoms with Gasteiger partial charge in [0.15, 0.2) is 0 Å². The van der Waals surface area contributed by atoms with Crippen molar-refractivity contribution in [2.75, 3.05) is 32.5 Å². The van der Waals surface area contributed by atoms with Crippen molar-refractivity contribution < 1.29 is 4.79 Å². The first kappa shape index (κ1) is 13.1. The van der Waals surface area contributed by atoms with Gasteiger partial charge >= 0.3 is 0 Å². The van der Waals surface area contributed by atoms with Crippen molar-refractivity contribution in [1.82, 2.24) is 10.2 Å². The number of fused-ring (bicyclic) bond motifs is 1. The Morgan fingerprint density at radius 2 is 2.06 bits per heavy atom. The van der Waals surface area contributed by atoms with Gasteiger partial charge in [0.05, 0.1) is 0 Å². The number of carbonyl (C=O) groups is 1. The van der Waals surface area contributed by atoms with E-state index in [0.717, 1.165) is 37.2 Å². The summed E-state index contributed by atoms with van der Waals surface area (Å²) in [6, 6.07) is 7.69. The average Bonchev–Trinajstić information content (AvgIpc) is 2.65. The molecule has 0 bridgehead atoms. The van der Waals surface area contributed by atoms with Crippen molar-refractivity contribution in [2.24, 2.45) is 0 Å². The SMILES string of the molecule is CN(C)CCCCNC1C(=O)Nc2ccccc21. The van der Waals surface area contributed by atoms with Crippen LogP contribution >= 0.6 is 0 Å². The third-order valence-electron chi connectivity index (χ3n) is 3.17. The third-order valence-corrected chi connectivity index (χ3v) is 3.17. The van der Waals surface area contributed by atoms with E-state index in [1.165, 1.54) is 0 Å². The van der Waals surface area contributed by atoms with Crippen LogP contribution in [0.2, 0.25) is 0 Å². The highest BCUT2D eigenvalue weighted by Crippen LogP contribution is 2.29. The summed E-state index contributed by atoms with van der Waals surface area (Å²) in [4.78, 5) is 14.0. The van der Waals surface area contributed by atoms with Crippen molar-refractivity contribution in [2.45, 2.75) is 18.9 Å². The molecule has 1 aromatic rings. The lowest BCUT2D eigenvalue weighted by Crippen LogP contribution is -2.28. The average molecular weight is 247 g/mol. The lowest BCUT2D eigenvalue weighted by Gasteiger charge is -2.12. The predicted molar refractivity (Wildman–Crippen MR) is 73.6 cm³/mol. The van der Waals surface area contributed by atoms with E-state index in [-0.39, 0.29) is 11.9 Å². The number of anilines is 1. The van der Waals surface area contributed by atoms with E-state index in [2.05, 4.69) is 29.6 Å². The van der Waals surface area contributed by atoms with Gasteiger partial charge in [-0.25, -0.2) is 0 Å². The van der Waals surface area contributed by atoms with Crippen LogP contribution in [0.3, 0.4) is 0 Å². The fraction of sp³-hybridized carbons (Fsp3) is 0.500. The maximum Gasteiger partial charge on any atom is 0.246 e. The monoisotopic (exact) mass is 247 g/mol. The summed E-state index contributed by atoms with van der Waals surface area (Å²) < 4.78 is 0. The fourth-order valence-electron chi connectivity index (χ4n) is 2.21. The van der Waals surface area contributed by atoms with Crippen LogP contribution in [0.15, 0.2) is 24.3 Å². The molecule has 0 aliphatic carbocycles. The smallest absolute Gasteiger partial charge is 0.246 e. The van der Waals surface area contributed by atoms with Crippen LogP contribution < -0.4 is 10.6 Å². The molecule has 98 valence electrons. The molecule has 2 N–H and O–H groups in total. The second-order valence-corrected chi connectivity index (χ2v) is 4.97. The van der Waals surface area contributed by atoms with E-state index >= 15 is 0 Å². The molecule has 2 rings (SSSR count). The quantitative estimate of drug-likeness (QED) is 0.751. The summed E-state index contributed by atoms with van der Waals surface area (Å²) in [5.74, 6) is 0.0591. The van der Waals surface area contributed by atoms with Crippen LogP contribution in [-0.4, -0.2) is 38.0 Å². The Bertz CT molecular complexity index is 417. The van der Waals surface area contributed by atoms with Gasteiger partial charge in [0.1, 0.15) is 6.04 Å². The number of rotatable bonds is 6. The summed E-state index contributed by atoms with van der Waals surface area (Å²) >= 11 is 0. The molecular weight excluding hydrogens is 226 g/mol. The Morgan fingerprint density at radius 3 is 2.83 bits per heavy atom. The zero-order chi connectivity index (χ0) is 13.0. The topological polar surface area (TPSA) is 44.4 Å². The lowest BCUT2D eigenvalue weighted by molar-refractivity contribution is -0.117. The first-order valence-corrected chi connectivity index (χ1v) is 6.46. The van der Waals surface area contributed by atoms with Crippen molar-refractivity contribution in [3.05, 3.63) is 29.8 Å². The minimum Gasteiger partial charge on any atom is -0.324 e. The van der Waals surface area contributed by atoms with Gasteiger partial charge in [0, 0.05) is 11.3 Å². The first-order chi connectivity index (χ1) is 8.68. The molecule has 1 aromatic carbocycles. The van der Waals surface area contributed by atoms with Crippen molar-refractivity contribution in [1.29, 1.82) is 0 Å². The Labute approximate surface area is 108 Å². The second kappa shape index (κ2) is 5.98. The highest BCUT2D eigenvalue weighted by atomic mass is 16.2. The number of hydrogen-bond acceptors (Lipinski definition) is 3. The highest BCUT2D eigenvalue weighted by Gasteiger charge is 2.29. The summed E-state index contributed by atoms with van der Waals surface area (Å²) in [6.07, 6.45) is 2.24. The predicted octanol–water partition coefficient (Wildman–Crippen LogP) is 1.61. The van der Waals surface area contributed by atoms with Gasteiger partial charge < -0.3 is 15.5 Å². The molecule has 0 saturated heterocycles. The first-order valence-electron chi connectivity index (χ1n) is 6.46. The van der Waals surface area contributed by atoms with Crippen LogP contribution in [0.5, 0.6) is 0 Å². The molecule has 1 heterocycles. The van der Waals surface area contributed by atoms with E-state index in [1.54, 1.807) is 0 Å². The largest absolute Gasteiger partial charge is 0.324 e. The number of carbonyl (C=O) groups excluding carboxylic acids is 1. The highest BCUT2D eigenvalue weighted by molar-refractivity contribution is 6.02. The van der Waals surface area contributed by atoms with Crippen molar-refractivity contribution in [3.63, 3.8) is 0 Å². The van der Waals surface area contributed by atoms with Gasteiger partial charge in [-0.05, 0) is 46.1 Å². The summed E-state index contributed by atoms with van der Waals surface area (Å²) in [5, 5.41) is 6.23. The van der Waals surface area contributed by atoms with Gasteiger partial charge in [0.25, 0.3) is 0 Å². The van der Waals surface area contributed by atoms with Gasteiger partial charge in [-0.15, -0.1) is 0 Å². The molecule has 18 heavy (non-hydrogen) atoms. The van der Waals surface area contributed by atoms with Crippen molar-refractivity contribution in [3.8, 4) is 0 Å². The normalized spacial score (nSPS) is 17.9. The van der Waals surface area contributed by atoms with E-state index in [4.69, 9.17) is 0 Å². The van der Waals surface area contributed by atoms with Crippen molar-refractivity contribution >= 4 is 11.6 Å². The standard InChI is InChI=1S/C14H21N3O/c1-17(2)10-6-5-9-15-13-11-7-3-4-8-12(11)16-14(13)18/h3-4,7-8,13,15H,5-6,9-10H2,1-2H3,(H,16,18). The van der Waals surface area contributed by atoms with Crippen LogP contribution in [0.1, 0.15) is 24.4 Å². The number of hydrogen-bond donors (Lipinski definition) is 2. The van der Waals surface area contributed by atoms with E-state index < -0.39 is 0 Å². The maximum atomic E-state index is 11.8. The van der Waals surface area contributed by atoms with Gasteiger partial charge in [-0.3, -0.25) is 4.79 Å². The minimum absolute atomic E-state index is 0.0591. The maximum absolute atomic E-state index is 11.8. The molecule has 0 spiro atoms. The number of nitrogens with one attached hydrogen (secondary N) is 2. The summed E-state index contributed by atoms with van der Waals surface area (Å²) in [5.41, 5.74) is 2.00. The van der Waals surface area contributed by atoms with Gasteiger partial charge in [-0.1, -0.05) is 18.2 Å². The molecule has 1 amide bonds. The molecule has 0 saturated carbocycles. The van der Waals surface area contributed by atoms with E-state index in [9.17, 15) is 4.79 Å². The molecule has 1 atom stereocenters. The second-order valence-electron chi connectivity index (χ2n) is 4.97. The van der Waals surface area contributed by atoms with Gasteiger partial charge in [-0.2, -0.15) is 0 Å².